The predicted molar refractivity (Wildman–Crippen MR) is 66.3 cm³/mol. The van der Waals surface area contributed by atoms with Crippen LogP contribution in [0.1, 0.15) is 12.5 Å². The van der Waals surface area contributed by atoms with Crippen molar-refractivity contribution in [3.05, 3.63) is 34.6 Å². The van der Waals surface area contributed by atoms with Crippen molar-refractivity contribution < 1.29 is 31.9 Å². The Balaban J connectivity index is 3.04. The molecule has 1 atom stereocenters. The van der Waals surface area contributed by atoms with Crippen LogP contribution in [-0.4, -0.2) is 24.5 Å². The van der Waals surface area contributed by atoms with Crippen molar-refractivity contribution in [2.75, 3.05) is 6.61 Å². The van der Waals surface area contributed by atoms with Gasteiger partial charge in [-0.1, -0.05) is 17.7 Å². The number of benzene rings is 1. The second kappa shape index (κ2) is 6.89. The monoisotopic (exact) mass is 326 g/mol. The summed E-state index contributed by atoms with van der Waals surface area (Å²) in [5.41, 5.74) is 0.0348. The van der Waals surface area contributed by atoms with Crippen LogP contribution in [0.25, 0.3) is 0 Å². The molecule has 0 aliphatic heterocycles. The Kier molecular flexibility index (Phi) is 5.71. The SMILES string of the molecule is CCOC(=O)[C@@H](Cc1ccc(Cl)c(F)c1)C(=O)C(F)(F)F. The summed E-state index contributed by atoms with van der Waals surface area (Å²) >= 11 is 5.45. The molecular formula is C13H11ClF4O3. The van der Waals surface area contributed by atoms with E-state index in [-0.39, 0.29) is 17.2 Å². The van der Waals surface area contributed by atoms with Crippen molar-refractivity contribution in [1.29, 1.82) is 0 Å². The lowest BCUT2D eigenvalue weighted by Crippen LogP contribution is -2.37. The van der Waals surface area contributed by atoms with Crippen LogP contribution >= 0.6 is 11.6 Å². The number of ether oxygens (including phenoxy) is 1. The summed E-state index contributed by atoms with van der Waals surface area (Å²) in [7, 11) is 0. The van der Waals surface area contributed by atoms with Crippen LogP contribution in [0.4, 0.5) is 17.6 Å². The van der Waals surface area contributed by atoms with Gasteiger partial charge >= 0.3 is 12.1 Å². The summed E-state index contributed by atoms with van der Waals surface area (Å²) in [6, 6.07) is 3.24. The maximum atomic E-state index is 13.3. The Labute approximate surface area is 122 Å². The van der Waals surface area contributed by atoms with Gasteiger partial charge in [0.25, 0.3) is 5.78 Å². The maximum Gasteiger partial charge on any atom is 0.450 e. The van der Waals surface area contributed by atoms with Crippen molar-refractivity contribution in [2.24, 2.45) is 5.92 Å². The van der Waals surface area contributed by atoms with Crippen LogP contribution in [0.15, 0.2) is 18.2 Å². The largest absolute Gasteiger partial charge is 0.465 e. The van der Waals surface area contributed by atoms with Gasteiger partial charge < -0.3 is 4.74 Å². The van der Waals surface area contributed by atoms with E-state index in [1.165, 1.54) is 13.0 Å². The lowest BCUT2D eigenvalue weighted by molar-refractivity contribution is -0.180. The van der Waals surface area contributed by atoms with E-state index in [4.69, 9.17) is 11.6 Å². The quantitative estimate of drug-likeness (QED) is 0.473. The molecule has 0 saturated heterocycles. The molecule has 21 heavy (non-hydrogen) atoms. The van der Waals surface area contributed by atoms with Crippen molar-refractivity contribution in [3.63, 3.8) is 0 Å². The molecule has 0 radical (unpaired) electrons. The van der Waals surface area contributed by atoms with Gasteiger partial charge in [0.05, 0.1) is 11.6 Å². The summed E-state index contributed by atoms with van der Waals surface area (Å²) in [5, 5.41) is -0.214. The molecular weight excluding hydrogens is 316 g/mol. The zero-order chi connectivity index (χ0) is 16.2. The smallest absolute Gasteiger partial charge is 0.450 e. The number of hydrogen-bond acceptors (Lipinski definition) is 3. The lowest BCUT2D eigenvalue weighted by Gasteiger charge is -2.16. The van der Waals surface area contributed by atoms with Gasteiger partial charge in [-0.15, -0.1) is 0 Å². The van der Waals surface area contributed by atoms with Crippen LogP contribution in [-0.2, 0) is 20.7 Å². The van der Waals surface area contributed by atoms with E-state index in [1.807, 2.05) is 0 Å². The van der Waals surface area contributed by atoms with Gasteiger partial charge in [0, 0.05) is 0 Å². The first-order chi connectivity index (χ1) is 9.66. The zero-order valence-corrected chi connectivity index (χ0v) is 11.6. The highest BCUT2D eigenvalue weighted by Gasteiger charge is 2.46. The molecule has 116 valence electrons. The third kappa shape index (κ3) is 4.70. The number of hydrogen-bond donors (Lipinski definition) is 0. The van der Waals surface area contributed by atoms with Gasteiger partial charge in [-0.25, -0.2) is 4.39 Å². The van der Waals surface area contributed by atoms with E-state index in [2.05, 4.69) is 4.74 Å². The summed E-state index contributed by atoms with van der Waals surface area (Å²) in [6.07, 6.45) is -5.80. The van der Waals surface area contributed by atoms with Crippen molar-refractivity contribution >= 4 is 23.4 Å². The third-order valence-corrected chi connectivity index (χ3v) is 2.90. The molecule has 0 saturated carbocycles. The fourth-order valence-electron chi connectivity index (χ4n) is 1.63. The number of ketones is 1. The van der Waals surface area contributed by atoms with Gasteiger partial charge in [-0.3, -0.25) is 9.59 Å². The average Bonchev–Trinajstić information content (AvgIpc) is 2.38. The van der Waals surface area contributed by atoms with E-state index in [1.54, 1.807) is 0 Å². The van der Waals surface area contributed by atoms with E-state index in [0.29, 0.717) is 0 Å². The maximum absolute atomic E-state index is 13.3. The van der Waals surface area contributed by atoms with E-state index < -0.39 is 36.1 Å². The Morgan fingerprint density at radius 3 is 2.43 bits per heavy atom. The number of carbonyl (C=O) groups is 2. The normalized spacial score (nSPS) is 12.9. The summed E-state index contributed by atoms with van der Waals surface area (Å²) in [4.78, 5) is 22.8. The van der Waals surface area contributed by atoms with Crippen molar-refractivity contribution in [2.45, 2.75) is 19.5 Å². The molecule has 8 heteroatoms. The number of alkyl halides is 3. The molecule has 1 rings (SSSR count). The van der Waals surface area contributed by atoms with Gasteiger partial charge in [0.1, 0.15) is 11.7 Å². The number of esters is 1. The van der Waals surface area contributed by atoms with Crippen LogP contribution in [0.2, 0.25) is 5.02 Å². The second-order valence-electron chi connectivity index (χ2n) is 4.12. The minimum Gasteiger partial charge on any atom is -0.465 e. The molecule has 0 aliphatic rings. The van der Waals surface area contributed by atoms with Gasteiger partial charge in [-0.05, 0) is 31.0 Å². The molecule has 0 N–H and O–H groups in total. The molecule has 0 unspecified atom stereocenters. The summed E-state index contributed by atoms with van der Waals surface area (Å²) in [6.45, 7) is 1.23. The Morgan fingerprint density at radius 1 is 1.33 bits per heavy atom. The lowest BCUT2D eigenvalue weighted by atomic mass is 9.95. The van der Waals surface area contributed by atoms with E-state index >= 15 is 0 Å². The minimum absolute atomic E-state index is 0.0348. The molecule has 0 amide bonds. The summed E-state index contributed by atoms with van der Waals surface area (Å²) in [5.74, 6) is -6.44. The van der Waals surface area contributed by atoms with Crippen LogP contribution in [0.5, 0.6) is 0 Å². The highest BCUT2D eigenvalue weighted by Crippen LogP contribution is 2.25. The third-order valence-electron chi connectivity index (χ3n) is 2.59. The van der Waals surface area contributed by atoms with Crippen LogP contribution in [0.3, 0.4) is 0 Å². The number of halogens is 5. The first kappa shape index (κ1) is 17.4. The van der Waals surface area contributed by atoms with Gasteiger partial charge in [0.2, 0.25) is 0 Å². The minimum atomic E-state index is -5.18. The average molecular weight is 327 g/mol. The second-order valence-corrected chi connectivity index (χ2v) is 4.53. The Morgan fingerprint density at radius 2 is 1.95 bits per heavy atom. The molecule has 0 heterocycles. The first-order valence-electron chi connectivity index (χ1n) is 5.88. The van der Waals surface area contributed by atoms with Crippen molar-refractivity contribution in [3.8, 4) is 0 Å². The fourth-order valence-corrected chi connectivity index (χ4v) is 1.74. The first-order valence-corrected chi connectivity index (χ1v) is 6.26. The molecule has 0 fully saturated rings. The molecule has 0 aromatic heterocycles. The Hall–Kier alpha value is -1.63. The zero-order valence-electron chi connectivity index (χ0n) is 10.8. The van der Waals surface area contributed by atoms with Crippen LogP contribution in [0, 0.1) is 11.7 Å². The van der Waals surface area contributed by atoms with E-state index in [0.717, 1.165) is 12.1 Å². The highest BCUT2D eigenvalue weighted by atomic mass is 35.5. The molecule has 3 nitrogen and oxygen atoms in total. The van der Waals surface area contributed by atoms with Gasteiger partial charge in [0.15, 0.2) is 0 Å². The molecule has 1 aromatic rings. The molecule has 0 aliphatic carbocycles. The molecule has 0 spiro atoms. The van der Waals surface area contributed by atoms with Crippen molar-refractivity contribution in [1.82, 2.24) is 0 Å². The number of Topliss-reactive ketones (excluding diaryl/α,β-unsaturated/α-hetero) is 1. The molecule has 0 bridgehead atoms. The highest BCUT2D eigenvalue weighted by molar-refractivity contribution is 6.30. The summed E-state index contributed by atoms with van der Waals surface area (Å²) < 4.78 is 55.2. The molecule has 1 aromatic carbocycles. The number of carbonyl (C=O) groups excluding carboxylic acids is 2. The fraction of sp³-hybridized carbons (Fsp3) is 0.385. The van der Waals surface area contributed by atoms with E-state index in [9.17, 15) is 27.2 Å². The Bertz CT molecular complexity index is 543. The number of rotatable bonds is 5. The standard InChI is InChI=1S/C13H11ClF4O3/c1-2-21-12(20)8(11(19)13(16,17)18)5-7-3-4-9(14)10(15)6-7/h3-4,6,8H,2,5H2,1H3/t8-/m0/s1. The predicted octanol–water partition coefficient (Wildman–Crippen LogP) is 3.33. The van der Waals surface area contributed by atoms with Crippen LogP contribution < -0.4 is 0 Å². The topological polar surface area (TPSA) is 43.4 Å². The van der Waals surface area contributed by atoms with Gasteiger partial charge in [-0.2, -0.15) is 13.2 Å².